The number of likely N-dealkylation sites (tertiary alicyclic amines) is 1. The minimum atomic E-state index is -0.744. The number of carbonyl (C=O) groups is 2. The number of benzene rings is 2. The van der Waals surface area contributed by atoms with Gasteiger partial charge in [-0.1, -0.05) is 25.5 Å². The van der Waals surface area contributed by atoms with Gasteiger partial charge in [-0.05, 0) is 61.2 Å². The van der Waals surface area contributed by atoms with E-state index in [0.717, 1.165) is 43.8 Å². The maximum absolute atomic E-state index is 13.3. The summed E-state index contributed by atoms with van der Waals surface area (Å²) in [5.41, 5.74) is 2.00. The molecule has 0 bridgehead atoms. The van der Waals surface area contributed by atoms with E-state index >= 15 is 0 Å². The van der Waals surface area contributed by atoms with Gasteiger partial charge in [0.05, 0.1) is 31.4 Å². The molecule has 0 spiro atoms. The second kappa shape index (κ2) is 13.6. The SMILES string of the molecule is CCCCOc1ccc(/C(O)=C2\C(=O)C(=O)N(CCCN3CCOCC3)C2c2ccc(O)cc2)cc1C.Cl. The summed E-state index contributed by atoms with van der Waals surface area (Å²) in [5, 5.41) is 21.1. The number of aliphatic hydroxyl groups excluding tert-OH is 1. The molecular weight excluding hydrogens is 508 g/mol. The van der Waals surface area contributed by atoms with Crippen molar-refractivity contribution < 1.29 is 29.3 Å². The van der Waals surface area contributed by atoms with E-state index in [9.17, 15) is 19.8 Å². The zero-order chi connectivity index (χ0) is 26.4. The first-order chi connectivity index (χ1) is 17.9. The molecule has 2 aromatic carbocycles. The average Bonchev–Trinajstić information content (AvgIpc) is 3.15. The number of halogens is 1. The van der Waals surface area contributed by atoms with E-state index in [1.165, 1.54) is 17.0 Å². The highest BCUT2D eigenvalue weighted by Crippen LogP contribution is 2.40. The summed E-state index contributed by atoms with van der Waals surface area (Å²) < 4.78 is 11.2. The zero-order valence-electron chi connectivity index (χ0n) is 22.0. The van der Waals surface area contributed by atoms with Gasteiger partial charge in [-0.3, -0.25) is 14.5 Å². The van der Waals surface area contributed by atoms with Crippen LogP contribution in [0.15, 0.2) is 48.0 Å². The van der Waals surface area contributed by atoms with Gasteiger partial charge in [-0.25, -0.2) is 0 Å². The summed E-state index contributed by atoms with van der Waals surface area (Å²) >= 11 is 0. The van der Waals surface area contributed by atoms with Crippen LogP contribution in [0, 0.1) is 6.92 Å². The van der Waals surface area contributed by atoms with Crippen LogP contribution >= 0.6 is 12.4 Å². The van der Waals surface area contributed by atoms with Crippen LogP contribution in [0.4, 0.5) is 0 Å². The fourth-order valence-corrected chi connectivity index (χ4v) is 4.84. The molecule has 1 unspecified atom stereocenters. The number of rotatable bonds is 10. The molecule has 0 radical (unpaired) electrons. The average molecular weight is 545 g/mol. The quantitative estimate of drug-likeness (QED) is 0.197. The predicted molar refractivity (Wildman–Crippen MR) is 148 cm³/mol. The number of ketones is 1. The van der Waals surface area contributed by atoms with Gasteiger partial charge in [0.2, 0.25) is 0 Å². The number of amides is 1. The molecule has 8 nitrogen and oxygen atoms in total. The van der Waals surface area contributed by atoms with Gasteiger partial charge < -0.3 is 24.6 Å². The molecule has 0 aliphatic carbocycles. The Morgan fingerprint density at radius 2 is 1.76 bits per heavy atom. The summed E-state index contributed by atoms with van der Waals surface area (Å²) in [5.74, 6) is -0.734. The number of morpholine rings is 1. The number of hydrogen-bond donors (Lipinski definition) is 2. The molecule has 1 atom stereocenters. The van der Waals surface area contributed by atoms with Crippen LogP contribution in [0.3, 0.4) is 0 Å². The lowest BCUT2D eigenvalue weighted by atomic mass is 9.94. The first-order valence-corrected chi connectivity index (χ1v) is 13.0. The third-order valence-corrected chi connectivity index (χ3v) is 6.93. The van der Waals surface area contributed by atoms with Crippen molar-refractivity contribution in [3.05, 3.63) is 64.7 Å². The molecule has 2 aromatic rings. The summed E-state index contributed by atoms with van der Waals surface area (Å²) in [7, 11) is 0. The van der Waals surface area contributed by atoms with Crippen LogP contribution in [0.5, 0.6) is 11.5 Å². The second-order valence-electron chi connectivity index (χ2n) is 9.57. The Bertz CT molecular complexity index is 1140. The third-order valence-electron chi connectivity index (χ3n) is 6.93. The zero-order valence-corrected chi connectivity index (χ0v) is 22.8. The number of hydrogen-bond acceptors (Lipinski definition) is 7. The third kappa shape index (κ3) is 6.67. The minimum absolute atomic E-state index is 0. The van der Waals surface area contributed by atoms with Crippen LogP contribution < -0.4 is 4.74 Å². The highest BCUT2D eigenvalue weighted by atomic mass is 35.5. The van der Waals surface area contributed by atoms with E-state index in [2.05, 4.69) is 11.8 Å². The van der Waals surface area contributed by atoms with Gasteiger partial charge >= 0.3 is 0 Å². The second-order valence-corrected chi connectivity index (χ2v) is 9.57. The monoisotopic (exact) mass is 544 g/mol. The maximum atomic E-state index is 13.3. The number of nitrogens with zero attached hydrogens (tertiary/aromatic N) is 2. The molecule has 2 saturated heterocycles. The smallest absolute Gasteiger partial charge is 0.295 e. The first kappa shape index (κ1) is 29.5. The van der Waals surface area contributed by atoms with Crippen molar-refractivity contribution in [3.63, 3.8) is 0 Å². The lowest BCUT2D eigenvalue weighted by Gasteiger charge is -2.29. The van der Waals surface area contributed by atoms with Crippen molar-refractivity contribution in [1.29, 1.82) is 0 Å². The molecule has 1 amide bonds. The highest BCUT2D eigenvalue weighted by molar-refractivity contribution is 6.46. The Balaban J connectivity index is 0.00000400. The van der Waals surface area contributed by atoms with Crippen LogP contribution in [-0.2, 0) is 14.3 Å². The molecule has 2 heterocycles. The summed E-state index contributed by atoms with van der Waals surface area (Å²) in [4.78, 5) is 30.3. The summed E-state index contributed by atoms with van der Waals surface area (Å²) in [6.45, 7) is 8.83. The Labute approximate surface area is 230 Å². The maximum Gasteiger partial charge on any atom is 0.295 e. The highest BCUT2D eigenvalue weighted by Gasteiger charge is 2.45. The molecule has 9 heteroatoms. The van der Waals surface area contributed by atoms with Gasteiger partial charge in [-0.2, -0.15) is 0 Å². The van der Waals surface area contributed by atoms with Gasteiger partial charge in [0, 0.05) is 31.7 Å². The topological polar surface area (TPSA) is 99.5 Å². The number of aromatic hydroxyl groups is 1. The van der Waals surface area contributed by atoms with Gasteiger partial charge in [0.15, 0.2) is 0 Å². The Morgan fingerprint density at radius 1 is 1.05 bits per heavy atom. The fourth-order valence-electron chi connectivity index (χ4n) is 4.84. The number of aliphatic hydroxyl groups is 1. The normalized spacial score (nSPS) is 19.4. The van der Waals surface area contributed by atoms with Crippen molar-refractivity contribution in [2.45, 2.75) is 39.2 Å². The number of aryl methyl sites for hydroxylation is 1. The van der Waals surface area contributed by atoms with E-state index in [-0.39, 0.29) is 29.5 Å². The number of unbranched alkanes of at least 4 members (excludes halogenated alkanes) is 1. The Morgan fingerprint density at radius 3 is 2.42 bits per heavy atom. The van der Waals surface area contributed by atoms with Crippen molar-refractivity contribution in [2.24, 2.45) is 0 Å². The number of carbonyl (C=O) groups excluding carboxylic acids is 2. The summed E-state index contributed by atoms with van der Waals surface area (Å²) in [6.07, 6.45) is 2.66. The van der Waals surface area contributed by atoms with E-state index in [0.29, 0.717) is 43.9 Å². The van der Waals surface area contributed by atoms with Crippen molar-refractivity contribution in [2.75, 3.05) is 46.0 Å². The number of ether oxygens (including phenoxy) is 2. The molecule has 206 valence electrons. The van der Waals surface area contributed by atoms with E-state index < -0.39 is 17.7 Å². The Hall–Kier alpha value is -3.07. The van der Waals surface area contributed by atoms with Crippen molar-refractivity contribution >= 4 is 29.9 Å². The number of phenolic OH excluding ortho intramolecular Hbond substituents is 1. The lowest BCUT2D eigenvalue weighted by Crippen LogP contribution is -2.38. The Kier molecular flexibility index (Phi) is 10.6. The van der Waals surface area contributed by atoms with Gasteiger partial charge in [-0.15, -0.1) is 12.4 Å². The lowest BCUT2D eigenvalue weighted by molar-refractivity contribution is -0.140. The first-order valence-electron chi connectivity index (χ1n) is 13.0. The van der Waals surface area contributed by atoms with Crippen LogP contribution in [0.1, 0.15) is 48.9 Å². The molecule has 0 saturated carbocycles. The predicted octanol–water partition coefficient (Wildman–Crippen LogP) is 4.45. The molecule has 38 heavy (non-hydrogen) atoms. The van der Waals surface area contributed by atoms with Crippen molar-refractivity contribution in [1.82, 2.24) is 9.80 Å². The van der Waals surface area contributed by atoms with Gasteiger partial charge in [0.25, 0.3) is 11.7 Å². The number of phenols is 1. The molecule has 4 rings (SSSR count). The molecule has 2 aliphatic heterocycles. The van der Waals surface area contributed by atoms with Crippen molar-refractivity contribution in [3.8, 4) is 11.5 Å². The molecule has 2 fully saturated rings. The van der Waals surface area contributed by atoms with E-state index in [4.69, 9.17) is 9.47 Å². The largest absolute Gasteiger partial charge is 0.508 e. The van der Waals surface area contributed by atoms with Crippen LogP contribution in [0.2, 0.25) is 0 Å². The summed E-state index contributed by atoms with van der Waals surface area (Å²) in [6, 6.07) is 10.9. The molecule has 2 N–H and O–H groups in total. The molecular formula is C29H37ClN2O6. The van der Waals surface area contributed by atoms with E-state index in [1.54, 1.807) is 30.3 Å². The van der Waals surface area contributed by atoms with E-state index in [1.807, 2.05) is 6.92 Å². The van der Waals surface area contributed by atoms with Crippen LogP contribution in [-0.4, -0.2) is 77.7 Å². The van der Waals surface area contributed by atoms with Crippen LogP contribution in [0.25, 0.3) is 5.76 Å². The number of Topliss-reactive ketones (excluding diaryl/α,β-unsaturated/α-hetero) is 1. The molecule has 2 aliphatic rings. The fraction of sp³-hybridized carbons (Fsp3) is 0.448. The molecule has 0 aromatic heterocycles. The van der Waals surface area contributed by atoms with Gasteiger partial charge in [0.1, 0.15) is 17.3 Å². The standard InChI is InChI=1S/C29H36N2O6.ClH/c1-3-4-16-37-24-11-8-22(19-20(24)2)27(33)25-26(21-6-9-23(32)10-7-21)31(29(35)28(25)34)13-5-12-30-14-17-36-18-15-30;/h6-11,19,26,32-33H,3-5,12-18H2,1-2H3;1H/b27-25+;. The minimum Gasteiger partial charge on any atom is -0.508 e.